The van der Waals surface area contributed by atoms with Crippen LogP contribution in [0, 0.1) is 5.41 Å². The number of hydrogen-bond acceptors (Lipinski definition) is 4. The summed E-state index contributed by atoms with van der Waals surface area (Å²) in [4.78, 5) is 23.6. The largest absolute Gasteiger partial charge is 0.460 e. The molecule has 0 rings (SSSR count). The van der Waals surface area contributed by atoms with Crippen LogP contribution in [-0.4, -0.2) is 18.5 Å². The molecule has 0 aliphatic heterocycles. The number of allylic oxidation sites excluding steroid dienone is 1. The van der Waals surface area contributed by atoms with Gasteiger partial charge < -0.3 is 9.47 Å². The summed E-state index contributed by atoms with van der Waals surface area (Å²) in [7, 11) is 0. The van der Waals surface area contributed by atoms with E-state index in [-0.39, 0.29) is 12.4 Å². The number of carbonyl (C=O) groups is 2. The van der Waals surface area contributed by atoms with Crippen LogP contribution in [0.3, 0.4) is 0 Å². The maximum Gasteiger partial charge on any atom is 0.374 e. The van der Waals surface area contributed by atoms with Crippen LogP contribution in [0.4, 0.5) is 0 Å². The first-order chi connectivity index (χ1) is 9.32. The van der Waals surface area contributed by atoms with E-state index in [1.165, 1.54) is 6.42 Å². The van der Waals surface area contributed by atoms with Crippen LogP contribution < -0.4 is 0 Å². The van der Waals surface area contributed by atoms with Gasteiger partial charge in [-0.2, -0.15) is 0 Å². The van der Waals surface area contributed by atoms with E-state index in [2.05, 4.69) is 6.92 Å². The lowest BCUT2D eigenvalue weighted by Gasteiger charge is -2.17. The molecule has 0 amide bonds. The molecule has 4 heteroatoms. The van der Waals surface area contributed by atoms with Crippen molar-refractivity contribution >= 4 is 11.9 Å². The number of esters is 2. The summed E-state index contributed by atoms with van der Waals surface area (Å²) < 4.78 is 10.1. The molecule has 0 saturated heterocycles. The van der Waals surface area contributed by atoms with Crippen molar-refractivity contribution in [3.8, 4) is 0 Å². The van der Waals surface area contributed by atoms with Gasteiger partial charge in [0.1, 0.15) is 0 Å². The molecule has 0 radical (unpaired) electrons. The minimum atomic E-state index is -0.645. The average molecular weight is 284 g/mol. The standard InChI is InChI=1S/C16H28O4/c1-6-8-9-10-11-12-13(14(17)19-7-2)20-15(18)16(3,4)5/h12H,6-11H2,1-5H3/b13-12+. The van der Waals surface area contributed by atoms with Gasteiger partial charge in [0.2, 0.25) is 5.76 Å². The van der Waals surface area contributed by atoms with E-state index in [1.54, 1.807) is 33.8 Å². The van der Waals surface area contributed by atoms with Gasteiger partial charge in [-0.1, -0.05) is 26.2 Å². The SMILES string of the molecule is CCCCCC/C=C(/OC(=O)C(C)(C)C)C(=O)OCC. The molecule has 4 nitrogen and oxygen atoms in total. The van der Waals surface area contributed by atoms with Gasteiger partial charge in [-0.15, -0.1) is 0 Å². The second-order valence-electron chi connectivity index (χ2n) is 5.78. The minimum Gasteiger partial charge on any atom is -0.460 e. The maximum absolute atomic E-state index is 11.8. The van der Waals surface area contributed by atoms with Crippen LogP contribution in [-0.2, 0) is 19.1 Å². The molecule has 0 heterocycles. The van der Waals surface area contributed by atoms with Gasteiger partial charge in [-0.05, 0) is 46.6 Å². The fourth-order valence-corrected chi connectivity index (χ4v) is 1.43. The van der Waals surface area contributed by atoms with Gasteiger partial charge in [0.15, 0.2) is 0 Å². The zero-order valence-corrected chi connectivity index (χ0v) is 13.5. The molecular formula is C16H28O4. The molecule has 0 aromatic rings. The third-order valence-corrected chi connectivity index (χ3v) is 2.68. The summed E-state index contributed by atoms with van der Waals surface area (Å²) in [6.07, 6.45) is 6.79. The van der Waals surface area contributed by atoms with Crippen molar-refractivity contribution in [2.24, 2.45) is 5.41 Å². The van der Waals surface area contributed by atoms with Crippen LogP contribution in [0.2, 0.25) is 0 Å². The summed E-state index contributed by atoms with van der Waals surface area (Å²) in [5.74, 6) is -0.978. The number of hydrogen-bond donors (Lipinski definition) is 0. The molecule has 0 aromatic heterocycles. The molecule has 0 N–H and O–H groups in total. The van der Waals surface area contributed by atoms with Crippen LogP contribution in [0.1, 0.15) is 66.7 Å². The Morgan fingerprint density at radius 2 is 1.70 bits per heavy atom. The fourth-order valence-electron chi connectivity index (χ4n) is 1.43. The van der Waals surface area contributed by atoms with Gasteiger partial charge >= 0.3 is 11.9 Å². The van der Waals surface area contributed by atoms with E-state index >= 15 is 0 Å². The Bertz CT molecular complexity index is 337. The summed E-state index contributed by atoms with van der Waals surface area (Å²) >= 11 is 0. The molecular weight excluding hydrogens is 256 g/mol. The molecule has 0 saturated carbocycles. The first kappa shape index (κ1) is 18.7. The second kappa shape index (κ2) is 9.56. The number of rotatable bonds is 8. The van der Waals surface area contributed by atoms with Gasteiger partial charge in [-0.25, -0.2) is 4.79 Å². The lowest BCUT2D eigenvalue weighted by atomic mass is 9.97. The summed E-state index contributed by atoms with van der Waals surface area (Å²) in [5.41, 5.74) is -0.645. The van der Waals surface area contributed by atoms with Crippen molar-refractivity contribution in [1.29, 1.82) is 0 Å². The predicted octanol–water partition coefficient (Wildman–Crippen LogP) is 3.99. The average Bonchev–Trinajstić information content (AvgIpc) is 2.36. The van der Waals surface area contributed by atoms with Gasteiger partial charge in [-0.3, -0.25) is 4.79 Å². The Kier molecular flexibility index (Phi) is 8.93. The lowest BCUT2D eigenvalue weighted by molar-refractivity contribution is -0.156. The van der Waals surface area contributed by atoms with Crippen molar-refractivity contribution in [1.82, 2.24) is 0 Å². The van der Waals surface area contributed by atoms with Crippen LogP contribution in [0.15, 0.2) is 11.8 Å². The van der Waals surface area contributed by atoms with Crippen molar-refractivity contribution in [2.75, 3.05) is 6.61 Å². The molecule has 0 aliphatic rings. The van der Waals surface area contributed by atoms with Crippen molar-refractivity contribution in [3.63, 3.8) is 0 Å². The minimum absolute atomic E-state index is 0.0169. The third-order valence-electron chi connectivity index (χ3n) is 2.68. The molecule has 0 aromatic carbocycles. The molecule has 0 atom stereocenters. The lowest BCUT2D eigenvalue weighted by Crippen LogP contribution is -2.25. The van der Waals surface area contributed by atoms with Gasteiger partial charge in [0, 0.05) is 0 Å². The van der Waals surface area contributed by atoms with Crippen LogP contribution in [0.5, 0.6) is 0 Å². The van der Waals surface area contributed by atoms with Gasteiger partial charge in [0.25, 0.3) is 0 Å². The number of ether oxygens (including phenoxy) is 2. The Morgan fingerprint density at radius 3 is 2.20 bits per heavy atom. The zero-order valence-electron chi connectivity index (χ0n) is 13.5. The van der Waals surface area contributed by atoms with E-state index < -0.39 is 17.4 Å². The number of unbranched alkanes of at least 4 members (excludes halogenated alkanes) is 4. The van der Waals surface area contributed by atoms with Gasteiger partial charge in [0.05, 0.1) is 12.0 Å². The van der Waals surface area contributed by atoms with E-state index in [9.17, 15) is 9.59 Å². The Morgan fingerprint density at radius 1 is 1.05 bits per heavy atom. The van der Waals surface area contributed by atoms with E-state index in [4.69, 9.17) is 9.47 Å². The molecule has 0 unspecified atom stereocenters. The molecule has 0 spiro atoms. The highest BCUT2D eigenvalue weighted by Crippen LogP contribution is 2.18. The van der Waals surface area contributed by atoms with Crippen LogP contribution in [0.25, 0.3) is 0 Å². The first-order valence-electron chi connectivity index (χ1n) is 7.42. The highest BCUT2D eigenvalue weighted by atomic mass is 16.6. The maximum atomic E-state index is 11.8. The van der Waals surface area contributed by atoms with E-state index in [1.807, 2.05) is 0 Å². The Labute approximate surface area is 122 Å². The molecule has 0 fully saturated rings. The Hall–Kier alpha value is -1.32. The van der Waals surface area contributed by atoms with Crippen molar-refractivity contribution in [3.05, 3.63) is 11.8 Å². The topological polar surface area (TPSA) is 52.6 Å². The van der Waals surface area contributed by atoms with E-state index in [0.717, 1.165) is 19.3 Å². The first-order valence-corrected chi connectivity index (χ1v) is 7.42. The highest BCUT2D eigenvalue weighted by Gasteiger charge is 2.26. The molecule has 116 valence electrons. The van der Waals surface area contributed by atoms with Crippen molar-refractivity contribution < 1.29 is 19.1 Å². The smallest absolute Gasteiger partial charge is 0.374 e. The molecule has 0 aliphatic carbocycles. The fraction of sp³-hybridized carbons (Fsp3) is 0.750. The van der Waals surface area contributed by atoms with E-state index in [0.29, 0.717) is 6.42 Å². The second-order valence-corrected chi connectivity index (χ2v) is 5.78. The van der Waals surface area contributed by atoms with Crippen LogP contribution >= 0.6 is 0 Å². The summed E-state index contributed by atoms with van der Waals surface area (Å²) in [5, 5.41) is 0. The summed E-state index contributed by atoms with van der Waals surface area (Å²) in [6, 6.07) is 0. The third kappa shape index (κ3) is 7.97. The molecule has 0 bridgehead atoms. The normalized spacial score (nSPS) is 12.2. The highest BCUT2D eigenvalue weighted by molar-refractivity contribution is 5.90. The zero-order chi connectivity index (χ0) is 15.6. The monoisotopic (exact) mass is 284 g/mol. The Balaban J connectivity index is 4.60. The summed E-state index contributed by atoms with van der Waals surface area (Å²) in [6.45, 7) is 9.38. The quantitative estimate of drug-likeness (QED) is 0.293. The van der Waals surface area contributed by atoms with Crippen molar-refractivity contribution in [2.45, 2.75) is 66.7 Å². The predicted molar refractivity (Wildman–Crippen MR) is 79.0 cm³/mol. The molecule has 20 heavy (non-hydrogen) atoms. The number of carbonyl (C=O) groups excluding carboxylic acids is 2.